The number of unbranched alkanes of at least 4 members (excludes halogenated alkanes) is 8. The van der Waals surface area contributed by atoms with Crippen molar-refractivity contribution in [2.45, 2.75) is 97.8 Å². The normalized spacial score (nSPS) is 14.7. The summed E-state index contributed by atoms with van der Waals surface area (Å²) in [6, 6.07) is 6.16. The van der Waals surface area contributed by atoms with Gasteiger partial charge in [0.05, 0.1) is 29.4 Å². The molecule has 1 aliphatic heterocycles. The number of aromatic amines is 2. The molecule has 2 aromatic heterocycles. The van der Waals surface area contributed by atoms with Crippen LogP contribution in [0.2, 0.25) is 0 Å². The summed E-state index contributed by atoms with van der Waals surface area (Å²) in [5.74, 6) is 0.892. The Morgan fingerprint density at radius 3 is 2.33 bits per heavy atom. The van der Waals surface area contributed by atoms with E-state index in [0.717, 1.165) is 47.8 Å². The van der Waals surface area contributed by atoms with Crippen molar-refractivity contribution in [3.8, 4) is 17.1 Å². The van der Waals surface area contributed by atoms with E-state index in [1.807, 2.05) is 12.3 Å². The lowest BCUT2D eigenvalue weighted by Gasteiger charge is -2.05. The maximum absolute atomic E-state index is 6.03. The van der Waals surface area contributed by atoms with E-state index < -0.39 is 0 Å². The summed E-state index contributed by atoms with van der Waals surface area (Å²) in [6.45, 7) is 7.33. The Balaban J connectivity index is 1.59. The molecule has 0 saturated carbocycles. The average Bonchev–Trinajstić information content (AvgIpc) is 3.57. The van der Waals surface area contributed by atoms with Gasteiger partial charge in [-0.2, -0.15) is 0 Å². The SMILES string of the molecule is CCCCCCCCCCCC1=C/C(=C/c2[nH]c(-c3ccc[nH]3)cc2OCCC)N=C1CC. The van der Waals surface area contributed by atoms with Crippen LogP contribution in [0.5, 0.6) is 5.75 Å². The van der Waals surface area contributed by atoms with Crippen LogP contribution in [0.1, 0.15) is 104 Å². The van der Waals surface area contributed by atoms with E-state index in [9.17, 15) is 0 Å². The van der Waals surface area contributed by atoms with Gasteiger partial charge in [-0.05, 0) is 55.5 Å². The van der Waals surface area contributed by atoms with Crippen LogP contribution in [0, 0.1) is 0 Å². The fourth-order valence-electron chi connectivity index (χ4n) is 4.43. The molecule has 0 amide bonds. The summed E-state index contributed by atoms with van der Waals surface area (Å²) in [5, 5.41) is 0. The molecule has 1 aliphatic rings. The topological polar surface area (TPSA) is 53.2 Å². The first-order valence-electron chi connectivity index (χ1n) is 13.2. The Morgan fingerprint density at radius 1 is 0.909 bits per heavy atom. The molecule has 0 bridgehead atoms. The van der Waals surface area contributed by atoms with E-state index >= 15 is 0 Å². The van der Waals surface area contributed by atoms with Gasteiger partial charge in [0.1, 0.15) is 5.75 Å². The van der Waals surface area contributed by atoms with Crippen LogP contribution in [-0.2, 0) is 0 Å². The minimum Gasteiger partial charge on any atom is -0.491 e. The molecule has 0 unspecified atom stereocenters. The monoisotopic (exact) mass is 449 g/mol. The van der Waals surface area contributed by atoms with Crippen LogP contribution in [0.25, 0.3) is 17.5 Å². The van der Waals surface area contributed by atoms with Crippen molar-refractivity contribution in [3.05, 3.63) is 47.4 Å². The Bertz CT molecular complexity index is 915. The Kier molecular flexibility index (Phi) is 10.6. The zero-order chi connectivity index (χ0) is 23.3. The number of H-pyrrole nitrogens is 2. The van der Waals surface area contributed by atoms with Crippen LogP contribution < -0.4 is 4.74 Å². The summed E-state index contributed by atoms with van der Waals surface area (Å²) in [7, 11) is 0. The van der Waals surface area contributed by atoms with Crippen molar-refractivity contribution in [1.29, 1.82) is 0 Å². The van der Waals surface area contributed by atoms with E-state index in [1.165, 1.54) is 69.1 Å². The second-order valence-corrected chi connectivity index (χ2v) is 9.12. The third-order valence-corrected chi connectivity index (χ3v) is 6.29. The molecular formula is C29H43N3O. The number of rotatable bonds is 16. The summed E-state index contributed by atoms with van der Waals surface area (Å²) >= 11 is 0. The molecule has 0 aromatic carbocycles. The van der Waals surface area contributed by atoms with Gasteiger partial charge in [-0.25, -0.2) is 0 Å². The zero-order valence-electron chi connectivity index (χ0n) is 21.0. The van der Waals surface area contributed by atoms with Gasteiger partial charge >= 0.3 is 0 Å². The summed E-state index contributed by atoms with van der Waals surface area (Å²) < 4.78 is 6.03. The standard InChI is InChI=1S/C29H43N3O/c1-4-7-8-9-10-11-12-13-14-16-23-20-24(31-25(23)6-3)21-28-29(33-19-5-2)22-27(32-28)26-17-15-18-30-26/h15,17-18,20-22,30,32H,4-14,16,19H2,1-3H3/b24-21-. The number of nitrogens with zero attached hydrogens (tertiary/aromatic N) is 1. The minimum absolute atomic E-state index is 0.710. The van der Waals surface area contributed by atoms with E-state index in [2.05, 4.69) is 55.0 Å². The van der Waals surface area contributed by atoms with Gasteiger partial charge in [0, 0.05) is 18.0 Å². The van der Waals surface area contributed by atoms with Crippen molar-refractivity contribution in [1.82, 2.24) is 9.97 Å². The first-order chi connectivity index (χ1) is 16.2. The second kappa shape index (κ2) is 13.9. The highest BCUT2D eigenvalue weighted by atomic mass is 16.5. The zero-order valence-corrected chi connectivity index (χ0v) is 21.0. The fraction of sp³-hybridized carbons (Fsp3) is 0.552. The van der Waals surface area contributed by atoms with Crippen molar-refractivity contribution in [3.63, 3.8) is 0 Å². The highest BCUT2D eigenvalue weighted by Crippen LogP contribution is 2.31. The molecule has 0 fully saturated rings. The molecular weight excluding hydrogens is 406 g/mol. The summed E-state index contributed by atoms with van der Waals surface area (Å²) in [5.41, 5.74) is 6.77. The number of hydrogen-bond donors (Lipinski definition) is 2. The van der Waals surface area contributed by atoms with E-state index in [0.29, 0.717) is 6.61 Å². The quantitative estimate of drug-likeness (QED) is 0.247. The molecule has 3 heterocycles. The second-order valence-electron chi connectivity index (χ2n) is 9.12. The lowest BCUT2D eigenvalue weighted by Crippen LogP contribution is -1.97. The lowest BCUT2D eigenvalue weighted by molar-refractivity contribution is 0.317. The molecule has 0 radical (unpaired) electrons. The molecule has 0 spiro atoms. The molecule has 4 nitrogen and oxygen atoms in total. The summed E-state index contributed by atoms with van der Waals surface area (Å²) in [4.78, 5) is 11.7. The van der Waals surface area contributed by atoms with Crippen molar-refractivity contribution in [2.75, 3.05) is 6.61 Å². The predicted octanol–water partition coefficient (Wildman–Crippen LogP) is 8.85. The molecule has 0 aliphatic carbocycles. The minimum atomic E-state index is 0.710. The van der Waals surface area contributed by atoms with Gasteiger partial charge in [-0.1, -0.05) is 72.1 Å². The number of hydrogen-bond acceptors (Lipinski definition) is 2. The molecule has 3 rings (SSSR count). The molecule has 0 atom stereocenters. The van der Waals surface area contributed by atoms with Gasteiger partial charge in [0.15, 0.2) is 0 Å². The van der Waals surface area contributed by atoms with Gasteiger partial charge in [-0.3, -0.25) is 4.99 Å². The smallest absolute Gasteiger partial charge is 0.144 e. The number of ether oxygens (including phenoxy) is 1. The van der Waals surface area contributed by atoms with Crippen molar-refractivity contribution in [2.24, 2.45) is 4.99 Å². The lowest BCUT2D eigenvalue weighted by atomic mass is 10.0. The van der Waals surface area contributed by atoms with Crippen molar-refractivity contribution < 1.29 is 4.74 Å². The molecule has 2 N–H and O–H groups in total. The molecule has 4 heteroatoms. The Labute approximate surface area is 200 Å². The first-order valence-corrected chi connectivity index (χ1v) is 13.2. The molecule has 0 saturated heterocycles. The van der Waals surface area contributed by atoms with Crippen LogP contribution in [0.4, 0.5) is 0 Å². The molecule has 2 aromatic rings. The molecule has 180 valence electrons. The van der Waals surface area contributed by atoms with Gasteiger partial charge in [-0.15, -0.1) is 0 Å². The number of aliphatic imine (C=N–C) groups is 1. The van der Waals surface area contributed by atoms with E-state index in [1.54, 1.807) is 0 Å². The Morgan fingerprint density at radius 2 is 1.67 bits per heavy atom. The predicted molar refractivity (Wildman–Crippen MR) is 142 cm³/mol. The van der Waals surface area contributed by atoms with E-state index in [4.69, 9.17) is 9.73 Å². The average molecular weight is 450 g/mol. The third kappa shape index (κ3) is 7.80. The third-order valence-electron chi connectivity index (χ3n) is 6.29. The summed E-state index contributed by atoms with van der Waals surface area (Å²) in [6.07, 6.45) is 21.8. The number of nitrogens with one attached hydrogen (secondary N) is 2. The van der Waals surface area contributed by atoms with Crippen LogP contribution in [-0.4, -0.2) is 22.3 Å². The maximum atomic E-state index is 6.03. The van der Waals surface area contributed by atoms with Gasteiger partial charge in [0.25, 0.3) is 0 Å². The van der Waals surface area contributed by atoms with Crippen LogP contribution >= 0.6 is 0 Å². The van der Waals surface area contributed by atoms with Gasteiger partial charge < -0.3 is 14.7 Å². The Hall–Kier alpha value is -2.49. The highest BCUT2D eigenvalue weighted by molar-refractivity contribution is 6.04. The first kappa shape index (κ1) is 25.1. The van der Waals surface area contributed by atoms with E-state index in [-0.39, 0.29) is 0 Å². The van der Waals surface area contributed by atoms with Gasteiger partial charge in [0.2, 0.25) is 0 Å². The van der Waals surface area contributed by atoms with Crippen LogP contribution in [0.3, 0.4) is 0 Å². The number of aromatic nitrogens is 2. The van der Waals surface area contributed by atoms with Crippen molar-refractivity contribution >= 4 is 11.8 Å². The maximum Gasteiger partial charge on any atom is 0.144 e. The number of allylic oxidation sites excluding steroid dienone is 2. The fourth-order valence-corrected chi connectivity index (χ4v) is 4.43. The van der Waals surface area contributed by atoms with Crippen LogP contribution in [0.15, 0.2) is 46.7 Å². The highest BCUT2D eigenvalue weighted by Gasteiger charge is 2.16. The molecule has 33 heavy (non-hydrogen) atoms. The largest absolute Gasteiger partial charge is 0.491 e.